The summed E-state index contributed by atoms with van der Waals surface area (Å²) in [5.41, 5.74) is 1.09. The van der Waals surface area contributed by atoms with Gasteiger partial charge in [0.15, 0.2) is 0 Å². The quantitative estimate of drug-likeness (QED) is 0.773. The van der Waals surface area contributed by atoms with Crippen molar-refractivity contribution in [3.05, 3.63) is 35.9 Å². The van der Waals surface area contributed by atoms with Gasteiger partial charge in [-0.3, -0.25) is 0 Å². The molecule has 0 heterocycles. The van der Waals surface area contributed by atoms with Crippen LogP contribution in [0, 0.1) is 6.92 Å². The fourth-order valence-electron chi connectivity index (χ4n) is 1.89. The number of methoxy groups -OCH3 is 2. The Hall–Kier alpha value is -1.70. The minimum absolute atomic E-state index is 0.892. The van der Waals surface area contributed by atoms with E-state index in [2.05, 4.69) is 0 Å². The molecule has 0 saturated heterocycles. The lowest BCUT2D eigenvalue weighted by molar-refractivity contribution is 0.408. The Morgan fingerprint density at radius 2 is 1.47 bits per heavy atom. The third-order valence-corrected chi connectivity index (χ3v) is 2.57. The first-order valence-electron chi connectivity index (χ1n) is 5.88. The molecule has 0 spiro atoms. The van der Waals surface area contributed by atoms with E-state index in [9.17, 15) is 0 Å². The average molecular weight is 232 g/mol. The second kappa shape index (κ2) is 6.14. The van der Waals surface area contributed by atoms with E-state index in [1.54, 1.807) is 14.2 Å². The van der Waals surface area contributed by atoms with E-state index in [0.29, 0.717) is 0 Å². The van der Waals surface area contributed by atoms with Gasteiger partial charge in [-0.15, -0.1) is 0 Å². The molecule has 0 N–H and O–H groups in total. The first kappa shape index (κ1) is 13.4. The molecule has 2 aromatic carbocycles. The minimum Gasteiger partial charge on any atom is -0.496 e. The lowest BCUT2D eigenvalue weighted by Gasteiger charge is -2.12. The highest BCUT2D eigenvalue weighted by Crippen LogP contribution is 2.35. The molecule has 2 rings (SSSR count). The number of benzene rings is 2. The maximum atomic E-state index is 5.40. The van der Waals surface area contributed by atoms with Crippen molar-refractivity contribution >= 4 is 10.8 Å². The fraction of sp³-hybridized carbons (Fsp3) is 0.333. The SMILES string of the molecule is CC.COc1cc(C)c(OC)c2ccccc12. The summed E-state index contributed by atoms with van der Waals surface area (Å²) >= 11 is 0. The summed E-state index contributed by atoms with van der Waals surface area (Å²) in [4.78, 5) is 0. The van der Waals surface area contributed by atoms with E-state index in [-0.39, 0.29) is 0 Å². The third kappa shape index (κ3) is 2.52. The lowest BCUT2D eigenvalue weighted by Crippen LogP contribution is -1.92. The highest BCUT2D eigenvalue weighted by molar-refractivity contribution is 5.94. The molecule has 0 aliphatic rings. The molecule has 0 atom stereocenters. The molecule has 0 bridgehead atoms. The Morgan fingerprint density at radius 1 is 0.882 bits per heavy atom. The summed E-state index contributed by atoms with van der Waals surface area (Å²) < 4.78 is 10.8. The Kier molecular flexibility index (Phi) is 4.83. The largest absolute Gasteiger partial charge is 0.496 e. The molecule has 0 amide bonds. The predicted molar refractivity (Wildman–Crippen MR) is 73.1 cm³/mol. The van der Waals surface area contributed by atoms with Gasteiger partial charge in [0, 0.05) is 10.8 Å². The lowest BCUT2D eigenvalue weighted by atomic mass is 10.0. The molecular weight excluding hydrogens is 212 g/mol. The second-order valence-corrected chi connectivity index (χ2v) is 3.47. The van der Waals surface area contributed by atoms with Crippen molar-refractivity contribution in [1.82, 2.24) is 0 Å². The number of rotatable bonds is 2. The van der Waals surface area contributed by atoms with Crippen LogP contribution < -0.4 is 9.47 Å². The normalized spacial score (nSPS) is 9.47. The maximum Gasteiger partial charge on any atom is 0.129 e. The van der Waals surface area contributed by atoms with Crippen molar-refractivity contribution in [3.63, 3.8) is 0 Å². The number of hydrogen-bond acceptors (Lipinski definition) is 2. The molecule has 0 aliphatic heterocycles. The molecule has 0 radical (unpaired) electrons. The van der Waals surface area contributed by atoms with Crippen LogP contribution in [0.15, 0.2) is 30.3 Å². The molecule has 92 valence electrons. The van der Waals surface area contributed by atoms with Gasteiger partial charge in [0.05, 0.1) is 14.2 Å². The fourth-order valence-corrected chi connectivity index (χ4v) is 1.89. The van der Waals surface area contributed by atoms with Gasteiger partial charge in [-0.05, 0) is 18.6 Å². The molecular formula is C15H20O2. The van der Waals surface area contributed by atoms with Crippen LogP contribution in [-0.2, 0) is 0 Å². The van der Waals surface area contributed by atoms with Crippen LogP contribution in [-0.4, -0.2) is 14.2 Å². The second-order valence-electron chi connectivity index (χ2n) is 3.47. The van der Waals surface area contributed by atoms with Crippen molar-refractivity contribution in [1.29, 1.82) is 0 Å². The Morgan fingerprint density at radius 3 is 2.00 bits per heavy atom. The van der Waals surface area contributed by atoms with Crippen LogP contribution in [0.25, 0.3) is 10.8 Å². The standard InChI is InChI=1S/C13H14O2.C2H6/c1-9-8-12(14-2)10-6-4-5-7-11(10)13(9)15-3;1-2/h4-8H,1-3H3;1-2H3. The maximum absolute atomic E-state index is 5.40. The zero-order valence-electron chi connectivity index (χ0n) is 11.2. The van der Waals surface area contributed by atoms with Gasteiger partial charge in [0.1, 0.15) is 11.5 Å². The molecule has 0 aromatic heterocycles. The first-order valence-corrected chi connectivity index (χ1v) is 5.88. The number of aryl methyl sites for hydroxylation is 1. The van der Waals surface area contributed by atoms with Crippen LogP contribution >= 0.6 is 0 Å². The van der Waals surface area contributed by atoms with E-state index in [4.69, 9.17) is 9.47 Å². The first-order chi connectivity index (χ1) is 8.27. The van der Waals surface area contributed by atoms with Gasteiger partial charge in [-0.2, -0.15) is 0 Å². The van der Waals surface area contributed by atoms with Gasteiger partial charge in [0.2, 0.25) is 0 Å². The molecule has 2 aromatic rings. The predicted octanol–water partition coefficient (Wildman–Crippen LogP) is 4.19. The third-order valence-electron chi connectivity index (χ3n) is 2.57. The topological polar surface area (TPSA) is 18.5 Å². The van der Waals surface area contributed by atoms with E-state index in [1.165, 1.54) is 0 Å². The highest BCUT2D eigenvalue weighted by atomic mass is 16.5. The zero-order chi connectivity index (χ0) is 12.8. The summed E-state index contributed by atoms with van der Waals surface area (Å²) in [5.74, 6) is 1.82. The zero-order valence-corrected chi connectivity index (χ0v) is 11.2. The molecule has 0 unspecified atom stereocenters. The number of hydrogen-bond donors (Lipinski definition) is 0. The van der Waals surface area contributed by atoms with E-state index in [1.807, 2.05) is 51.1 Å². The summed E-state index contributed by atoms with van der Waals surface area (Å²) in [6.07, 6.45) is 0. The summed E-state index contributed by atoms with van der Waals surface area (Å²) in [7, 11) is 3.38. The van der Waals surface area contributed by atoms with E-state index in [0.717, 1.165) is 27.8 Å². The monoisotopic (exact) mass is 232 g/mol. The van der Waals surface area contributed by atoms with Crippen LogP contribution in [0.4, 0.5) is 0 Å². The number of ether oxygens (including phenoxy) is 2. The van der Waals surface area contributed by atoms with Gasteiger partial charge in [-0.1, -0.05) is 38.1 Å². The molecule has 0 saturated carbocycles. The summed E-state index contributed by atoms with van der Waals surface area (Å²) in [5, 5.41) is 2.18. The number of fused-ring (bicyclic) bond motifs is 1. The Bertz CT molecular complexity index is 489. The van der Waals surface area contributed by atoms with Crippen molar-refractivity contribution in [2.45, 2.75) is 20.8 Å². The van der Waals surface area contributed by atoms with Gasteiger partial charge >= 0.3 is 0 Å². The van der Waals surface area contributed by atoms with Crippen molar-refractivity contribution in [2.75, 3.05) is 14.2 Å². The minimum atomic E-state index is 0.892. The molecule has 0 fully saturated rings. The van der Waals surface area contributed by atoms with Crippen molar-refractivity contribution < 1.29 is 9.47 Å². The van der Waals surface area contributed by atoms with Gasteiger partial charge in [-0.25, -0.2) is 0 Å². The van der Waals surface area contributed by atoms with Crippen LogP contribution in [0.3, 0.4) is 0 Å². The highest BCUT2D eigenvalue weighted by Gasteiger charge is 2.09. The van der Waals surface area contributed by atoms with E-state index >= 15 is 0 Å². The molecule has 0 aliphatic carbocycles. The van der Waals surface area contributed by atoms with E-state index < -0.39 is 0 Å². The van der Waals surface area contributed by atoms with Crippen LogP contribution in [0.5, 0.6) is 11.5 Å². The Balaban J connectivity index is 0.000000686. The average Bonchev–Trinajstić information content (AvgIpc) is 2.40. The van der Waals surface area contributed by atoms with Gasteiger partial charge < -0.3 is 9.47 Å². The molecule has 17 heavy (non-hydrogen) atoms. The van der Waals surface area contributed by atoms with Gasteiger partial charge in [0.25, 0.3) is 0 Å². The van der Waals surface area contributed by atoms with Crippen LogP contribution in [0.2, 0.25) is 0 Å². The summed E-state index contributed by atoms with van der Waals surface area (Å²) in [6, 6.07) is 10.1. The Labute approximate surface area is 103 Å². The summed E-state index contributed by atoms with van der Waals surface area (Å²) in [6.45, 7) is 6.02. The molecule has 2 heteroatoms. The van der Waals surface area contributed by atoms with Crippen LogP contribution in [0.1, 0.15) is 19.4 Å². The van der Waals surface area contributed by atoms with Crippen molar-refractivity contribution in [3.8, 4) is 11.5 Å². The smallest absolute Gasteiger partial charge is 0.129 e. The van der Waals surface area contributed by atoms with Crippen molar-refractivity contribution in [2.24, 2.45) is 0 Å². The molecule has 2 nitrogen and oxygen atoms in total.